The smallest absolute Gasteiger partial charge is 0.123 e. The molecule has 1 spiro atoms. The van der Waals surface area contributed by atoms with E-state index in [0.717, 1.165) is 13.0 Å². The third-order valence-electron chi connectivity index (χ3n) is 5.51. The summed E-state index contributed by atoms with van der Waals surface area (Å²) >= 11 is 2.04. The Bertz CT molecular complexity index is 508. The normalized spacial score (nSPS) is 38.1. The van der Waals surface area contributed by atoms with Crippen molar-refractivity contribution in [1.82, 2.24) is 5.32 Å². The maximum atomic E-state index is 13.0. The molecule has 4 heteroatoms. The average Bonchev–Trinajstić information content (AvgIpc) is 2.92. The minimum atomic E-state index is -0.139. The lowest BCUT2D eigenvalue weighted by atomic mass is 9.75. The number of thioether (sulfide) groups is 1. The zero-order chi connectivity index (χ0) is 15.0. The Hall–Kier alpha value is -0.580. The van der Waals surface area contributed by atoms with Gasteiger partial charge in [0.05, 0.1) is 5.60 Å². The van der Waals surface area contributed by atoms with Crippen molar-refractivity contribution < 1.29 is 9.13 Å². The molecular formula is C18H24FNOS. The lowest BCUT2D eigenvalue weighted by Gasteiger charge is -2.43. The lowest BCUT2D eigenvalue weighted by Crippen LogP contribution is -2.52. The van der Waals surface area contributed by atoms with E-state index in [1.807, 2.05) is 23.9 Å². The zero-order valence-corrected chi connectivity index (χ0v) is 13.7. The van der Waals surface area contributed by atoms with Crippen LogP contribution in [0.1, 0.15) is 43.6 Å². The topological polar surface area (TPSA) is 21.3 Å². The van der Waals surface area contributed by atoms with Crippen LogP contribution >= 0.6 is 11.8 Å². The van der Waals surface area contributed by atoms with Gasteiger partial charge in [-0.25, -0.2) is 4.39 Å². The number of ether oxygens (including phenoxy) is 1. The maximum absolute atomic E-state index is 13.0. The predicted molar refractivity (Wildman–Crippen MR) is 88.9 cm³/mol. The first-order valence-electron chi connectivity index (χ1n) is 8.46. The van der Waals surface area contributed by atoms with Gasteiger partial charge in [0.2, 0.25) is 0 Å². The molecule has 1 aliphatic carbocycles. The number of rotatable bonds is 3. The molecule has 2 heterocycles. The fourth-order valence-electron chi connectivity index (χ4n) is 4.13. The molecule has 0 radical (unpaired) electrons. The van der Waals surface area contributed by atoms with Gasteiger partial charge in [-0.2, -0.15) is 11.8 Å². The van der Waals surface area contributed by atoms with Gasteiger partial charge in [0, 0.05) is 24.4 Å². The van der Waals surface area contributed by atoms with E-state index in [-0.39, 0.29) is 11.4 Å². The van der Waals surface area contributed by atoms with Gasteiger partial charge in [-0.05, 0) is 61.5 Å². The van der Waals surface area contributed by atoms with Crippen LogP contribution in [0.25, 0.3) is 0 Å². The Morgan fingerprint density at radius 1 is 1.18 bits per heavy atom. The molecule has 3 fully saturated rings. The standard InChI is InChI=1S/C18H24FNOS/c19-15-3-1-13(2-4-15)14-9-17(10-14)20-16-5-7-21-18(11-16)6-8-22-12-18/h1-4,14,16-17,20H,5-12H2/t14?,16-,17?,18-/m1/s1. The van der Waals surface area contributed by atoms with Crippen molar-refractivity contribution in [3.63, 3.8) is 0 Å². The van der Waals surface area contributed by atoms with E-state index in [2.05, 4.69) is 5.32 Å². The van der Waals surface area contributed by atoms with Gasteiger partial charge in [0.15, 0.2) is 0 Å². The quantitative estimate of drug-likeness (QED) is 0.917. The Balaban J connectivity index is 1.28. The highest BCUT2D eigenvalue weighted by Gasteiger charge is 2.41. The molecule has 1 N–H and O–H groups in total. The van der Waals surface area contributed by atoms with E-state index >= 15 is 0 Å². The van der Waals surface area contributed by atoms with Gasteiger partial charge >= 0.3 is 0 Å². The second-order valence-corrected chi connectivity index (χ2v) is 8.21. The minimum absolute atomic E-state index is 0.139. The number of hydrogen-bond acceptors (Lipinski definition) is 3. The fraction of sp³-hybridized carbons (Fsp3) is 0.667. The summed E-state index contributed by atoms with van der Waals surface area (Å²) in [6.45, 7) is 0.909. The average molecular weight is 321 g/mol. The van der Waals surface area contributed by atoms with Crippen LogP contribution in [0.2, 0.25) is 0 Å². The van der Waals surface area contributed by atoms with Crippen LogP contribution in [0.15, 0.2) is 24.3 Å². The highest BCUT2D eigenvalue weighted by atomic mass is 32.2. The van der Waals surface area contributed by atoms with Crippen LogP contribution in [0, 0.1) is 5.82 Å². The van der Waals surface area contributed by atoms with Gasteiger partial charge in [-0.15, -0.1) is 0 Å². The van der Waals surface area contributed by atoms with Crippen molar-refractivity contribution in [3.8, 4) is 0 Å². The summed E-state index contributed by atoms with van der Waals surface area (Å²) in [6.07, 6.45) is 5.91. The summed E-state index contributed by atoms with van der Waals surface area (Å²) in [5.74, 6) is 2.89. The summed E-state index contributed by atoms with van der Waals surface area (Å²) in [5.41, 5.74) is 1.45. The second kappa shape index (κ2) is 6.14. The third kappa shape index (κ3) is 3.06. The number of hydrogen-bond donors (Lipinski definition) is 1. The van der Waals surface area contributed by atoms with Gasteiger partial charge in [0.1, 0.15) is 5.82 Å². The van der Waals surface area contributed by atoms with Gasteiger partial charge in [-0.3, -0.25) is 0 Å². The molecule has 0 aromatic heterocycles. The molecule has 0 bridgehead atoms. The van der Waals surface area contributed by atoms with Crippen LogP contribution in [0.5, 0.6) is 0 Å². The number of halogens is 1. The third-order valence-corrected chi connectivity index (χ3v) is 6.73. The number of benzene rings is 1. The van der Waals surface area contributed by atoms with E-state index in [0.29, 0.717) is 18.0 Å². The predicted octanol–water partition coefficient (Wildman–Crippen LogP) is 3.72. The van der Waals surface area contributed by atoms with Crippen molar-refractivity contribution in [2.75, 3.05) is 18.1 Å². The first-order chi connectivity index (χ1) is 10.7. The Morgan fingerprint density at radius 2 is 2.00 bits per heavy atom. The molecule has 1 saturated carbocycles. The maximum Gasteiger partial charge on any atom is 0.123 e. The highest BCUT2D eigenvalue weighted by Crippen LogP contribution is 2.41. The summed E-state index contributed by atoms with van der Waals surface area (Å²) < 4.78 is 19.1. The lowest BCUT2D eigenvalue weighted by molar-refractivity contribution is -0.0726. The van der Waals surface area contributed by atoms with Crippen molar-refractivity contribution in [2.24, 2.45) is 0 Å². The molecule has 0 amide bonds. The van der Waals surface area contributed by atoms with Crippen molar-refractivity contribution in [2.45, 2.75) is 55.7 Å². The molecule has 1 aromatic carbocycles. The Morgan fingerprint density at radius 3 is 2.73 bits per heavy atom. The van der Waals surface area contributed by atoms with E-state index in [1.54, 1.807) is 12.1 Å². The largest absolute Gasteiger partial charge is 0.374 e. The van der Waals surface area contributed by atoms with Crippen LogP contribution in [-0.2, 0) is 4.74 Å². The van der Waals surface area contributed by atoms with Gasteiger partial charge in [0.25, 0.3) is 0 Å². The molecule has 2 saturated heterocycles. The Kier molecular flexibility index (Phi) is 4.18. The summed E-state index contributed by atoms with van der Waals surface area (Å²) in [5, 5.41) is 3.85. The van der Waals surface area contributed by atoms with Crippen LogP contribution in [0.4, 0.5) is 4.39 Å². The molecule has 22 heavy (non-hydrogen) atoms. The molecular weight excluding hydrogens is 297 g/mol. The van der Waals surface area contributed by atoms with E-state index < -0.39 is 0 Å². The minimum Gasteiger partial charge on any atom is -0.374 e. The van der Waals surface area contributed by atoms with E-state index in [9.17, 15) is 4.39 Å². The van der Waals surface area contributed by atoms with Gasteiger partial charge in [-0.1, -0.05) is 12.1 Å². The highest BCUT2D eigenvalue weighted by molar-refractivity contribution is 7.99. The number of nitrogens with one attached hydrogen (secondary N) is 1. The molecule has 2 nitrogen and oxygen atoms in total. The summed E-state index contributed by atoms with van der Waals surface area (Å²) in [6, 6.07) is 8.28. The van der Waals surface area contributed by atoms with E-state index in [4.69, 9.17) is 4.74 Å². The molecule has 120 valence electrons. The molecule has 4 rings (SSSR count). The second-order valence-electron chi connectivity index (χ2n) is 7.11. The van der Waals surface area contributed by atoms with Crippen molar-refractivity contribution >= 4 is 11.8 Å². The van der Waals surface area contributed by atoms with Gasteiger partial charge < -0.3 is 10.1 Å². The molecule has 2 atom stereocenters. The summed E-state index contributed by atoms with van der Waals surface area (Å²) in [4.78, 5) is 0. The van der Waals surface area contributed by atoms with E-state index in [1.165, 1.54) is 42.8 Å². The Labute approximate surface area is 136 Å². The molecule has 0 unspecified atom stereocenters. The fourth-order valence-corrected chi connectivity index (χ4v) is 5.51. The van der Waals surface area contributed by atoms with Crippen LogP contribution in [0.3, 0.4) is 0 Å². The first-order valence-corrected chi connectivity index (χ1v) is 9.61. The molecule has 2 aliphatic heterocycles. The van der Waals surface area contributed by atoms with Crippen LogP contribution in [-0.4, -0.2) is 35.8 Å². The van der Waals surface area contributed by atoms with Crippen molar-refractivity contribution in [3.05, 3.63) is 35.6 Å². The monoisotopic (exact) mass is 321 g/mol. The van der Waals surface area contributed by atoms with Crippen molar-refractivity contribution in [1.29, 1.82) is 0 Å². The SMILES string of the molecule is Fc1ccc(C2CC(N[C@@H]3CCO[C@]4(CCSC4)C3)C2)cc1. The first kappa shape index (κ1) is 15.0. The van der Waals surface area contributed by atoms with Crippen LogP contribution < -0.4 is 5.32 Å². The molecule has 1 aromatic rings. The molecule has 3 aliphatic rings. The summed E-state index contributed by atoms with van der Waals surface area (Å²) in [7, 11) is 0. The zero-order valence-electron chi connectivity index (χ0n) is 12.9.